The Morgan fingerprint density at radius 1 is 1.04 bits per heavy atom. The van der Waals surface area contributed by atoms with Gasteiger partial charge in [-0.3, -0.25) is 9.78 Å². The lowest BCUT2D eigenvalue weighted by Gasteiger charge is -2.05. The quantitative estimate of drug-likeness (QED) is 0.326. The molecule has 0 unspecified atom stereocenters. The molecule has 2 aromatic carbocycles. The number of benzene rings is 2. The number of hydrogen-bond donors (Lipinski definition) is 0. The Morgan fingerprint density at radius 3 is 2.46 bits per heavy atom. The molecule has 3 aromatic rings. The third-order valence-electron chi connectivity index (χ3n) is 3.79. The largest absolute Gasteiger partial charge is 0.487 e. The van der Waals surface area contributed by atoms with Crippen LogP contribution < -0.4 is 4.74 Å². The van der Waals surface area contributed by atoms with Gasteiger partial charge in [0, 0.05) is 16.7 Å². The lowest BCUT2D eigenvalue weighted by molar-refractivity contribution is 0.104. The monoisotopic (exact) mass is 361 g/mol. The van der Waals surface area contributed by atoms with Crippen molar-refractivity contribution in [3.63, 3.8) is 0 Å². The first-order valence-electron chi connectivity index (χ1n) is 8.24. The van der Waals surface area contributed by atoms with E-state index in [2.05, 4.69) is 4.98 Å². The highest BCUT2D eigenvalue weighted by Gasteiger charge is 2.02. The molecule has 0 bridgehead atoms. The Hall–Kier alpha value is -2.85. The van der Waals surface area contributed by atoms with E-state index < -0.39 is 0 Å². The highest BCUT2D eigenvalue weighted by molar-refractivity contribution is 7.98. The van der Waals surface area contributed by atoms with E-state index in [1.54, 1.807) is 24.0 Å². The summed E-state index contributed by atoms with van der Waals surface area (Å²) in [5.41, 5.74) is 2.52. The molecule has 26 heavy (non-hydrogen) atoms. The smallest absolute Gasteiger partial charge is 0.185 e. The van der Waals surface area contributed by atoms with E-state index in [0.29, 0.717) is 12.2 Å². The predicted molar refractivity (Wildman–Crippen MR) is 107 cm³/mol. The van der Waals surface area contributed by atoms with Gasteiger partial charge in [0.15, 0.2) is 5.78 Å². The topological polar surface area (TPSA) is 39.2 Å². The summed E-state index contributed by atoms with van der Waals surface area (Å²) in [6, 6.07) is 21.0. The number of carbonyl (C=O) groups excluding carboxylic acids is 1. The fourth-order valence-electron chi connectivity index (χ4n) is 2.34. The predicted octanol–water partition coefficient (Wildman–Crippen LogP) is 5.28. The summed E-state index contributed by atoms with van der Waals surface area (Å²) in [6.07, 6.45) is 7.17. The minimum atomic E-state index is -0.00636. The first-order valence-corrected chi connectivity index (χ1v) is 9.46. The van der Waals surface area contributed by atoms with Crippen molar-refractivity contribution in [2.45, 2.75) is 11.5 Å². The number of nitrogens with zero attached hydrogens (tertiary/aromatic N) is 1. The fourth-order valence-corrected chi connectivity index (χ4v) is 2.75. The van der Waals surface area contributed by atoms with Gasteiger partial charge in [-0.15, -0.1) is 11.8 Å². The maximum atomic E-state index is 12.2. The Morgan fingerprint density at radius 2 is 1.81 bits per heavy atom. The molecule has 0 saturated heterocycles. The standard InChI is InChI=1S/C22H19NO2S/c1-26-21-12-8-18(9-13-21)22(24)14-7-17-5-10-20(11-6-17)25-16-19-4-2-3-15-23-19/h2-15H,16H2,1H3/b14-7+. The summed E-state index contributed by atoms with van der Waals surface area (Å²) in [4.78, 5) is 17.6. The molecule has 0 amide bonds. The number of ketones is 1. The van der Waals surface area contributed by atoms with Crippen LogP contribution in [-0.2, 0) is 6.61 Å². The van der Waals surface area contributed by atoms with E-state index in [0.717, 1.165) is 21.9 Å². The number of hydrogen-bond acceptors (Lipinski definition) is 4. The molecule has 0 saturated carbocycles. The van der Waals surface area contributed by atoms with Crippen LogP contribution in [0.1, 0.15) is 21.6 Å². The number of carbonyl (C=O) groups is 1. The van der Waals surface area contributed by atoms with Crippen LogP contribution in [0.25, 0.3) is 6.08 Å². The molecule has 0 N–H and O–H groups in total. The molecule has 0 fully saturated rings. The second-order valence-electron chi connectivity index (χ2n) is 5.60. The lowest BCUT2D eigenvalue weighted by Crippen LogP contribution is -1.97. The fraction of sp³-hybridized carbons (Fsp3) is 0.0909. The van der Waals surface area contributed by atoms with Gasteiger partial charge in [0.05, 0.1) is 5.69 Å². The zero-order chi connectivity index (χ0) is 18.2. The third kappa shape index (κ3) is 5.07. The van der Waals surface area contributed by atoms with Gasteiger partial charge in [0.2, 0.25) is 0 Å². The number of rotatable bonds is 7. The van der Waals surface area contributed by atoms with Crippen LogP contribution >= 0.6 is 11.8 Å². The minimum absolute atomic E-state index is 0.00636. The van der Waals surface area contributed by atoms with Crippen LogP contribution in [-0.4, -0.2) is 17.0 Å². The molecule has 1 heterocycles. The summed E-state index contributed by atoms with van der Waals surface area (Å²) < 4.78 is 5.71. The minimum Gasteiger partial charge on any atom is -0.487 e. The van der Waals surface area contributed by atoms with Gasteiger partial charge in [0.25, 0.3) is 0 Å². The highest BCUT2D eigenvalue weighted by atomic mass is 32.2. The second-order valence-corrected chi connectivity index (χ2v) is 6.48. The summed E-state index contributed by atoms with van der Waals surface area (Å²) in [6.45, 7) is 0.431. The number of aromatic nitrogens is 1. The average Bonchev–Trinajstić information content (AvgIpc) is 2.72. The summed E-state index contributed by atoms with van der Waals surface area (Å²) in [7, 11) is 0. The van der Waals surface area contributed by atoms with Crippen molar-refractivity contribution in [3.8, 4) is 5.75 Å². The van der Waals surface area contributed by atoms with Crippen LogP contribution in [0.3, 0.4) is 0 Å². The van der Waals surface area contributed by atoms with Crippen molar-refractivity contribution in [2.24, 2.45) is 0 Å². The van der Waals surface area contributed by atoms with E-state index in [1.165, 1.54) is 0 Å². The zero-order valence-corrected chi connectivity index (χ0v) is 15.3. The SMILES string of the molecule is CSc1ccc(C(=O)/C=C/c2ccc(OCc3ccccn3)cc2)cc1. The van der Waals surface area contributed by atoms with Gasteiger partial charge in [-0.1, -0.05) is 24.3 Å². The first kappa shape index (κ1) is 18.0. The molecule has 0 aliphatic heterocycles. The van der Waals surface area contributed by atoms with Crippen molar-refractivity contribution >= 4 is 23.6 Å². The van der Waals surface area contributed by atoms with Crippen molar-refractivity contribution in [2.75, 3.05) is 6.26 Å². The Kier molecular flexibility index (Phi) is 6.23. The Labute approximate surface area is 157 Å². The Balaban J connectivity index is 1.57. The zero-order valence-electron chi connectivity index (χ0n) is 14.5. The van der Waals surface area contributed by atoms with Gasteiger partial charge in [-0.05, 0) is 66.4 Å². The Bertz CT molecular complexity index is 872. The van der Waals surface area contributed by atoms with E-state index in [4.69, 9.17) is 4.74 Å². The van der Waals surface area contributed by atoms with Gasteiger partial charge < -0.3 is 4.74 Å². The van der Waals surface area contributed by atoms with Crippen LogP contribution in [0.5, 0.6) is 5.75 Å². The second kappa shape index (κ2) is 9.02. The number of pyridine rings is 1. The van der Waals surface area contributed by atoms with Crippen LogP contribution in [0.4, 0.5) is 0 Å². The van der Waals surface area contributed by atoms with Crippen molar-refractivity contribution < 1.29 is 9.53 Å². The van der Waals surface area contributed by atoms with Gasteiger partial charge in [-0.25, -0.2) is 0 Å². The summed E-state index contributed by atoms with van der Waals surface area (Å²) >= 11 is 1.66. The molecule has 0 radical (unpaired) electrons. The first-order chi connectivity index (χ1) is 12.7. The number of thioether (sulfide) groups is 1. The number of ether oxygens (including phenoxy) is 1. The molecule has 130 valence electrons. The lowest BCUT2D eigenvalue weighted by atomic mass is 10.1. The van der Waals surface area contributed by atoms with Crippen molar-refractivity contribution in [1.29, 1.82) is 0 Å². The van der Waals surface area contributed by atoms with Crippen molar-refractivity contribution in [3.05, 3.63) is 95.8 Å². The van der Waals surface area contributed by atoms with Crippen LogP contribution in [0.15, 0.2) is 83.9 Å². The van der Waals surface area contributed by atoms with Crippen LogP contribution in [0.2, 0.25) is 0 Å². The molecule has 3 nitrogen and oxygen atoms in total. The highest BCUT2D eigenvalue weighted by Crippen LogP contribution is 2.17. The van der Waals surface area contributed by atoms with E-state index >= 15 is 0 Å². The van der Waals surface area contributed by atoms with E-state index in [1.807, 2.05) is 79.1 Å². The van der Waals surface area contributed by atoms with Gasteiger partial charge >= 0.3 is 0 Å². The molecule has 0 spiro atoms. The molecular weight excluding hydrogens is 342 g/mol. The molecule has 0 atom stereocenters. The third-order valence-corrected chi connectivity index (χ3v) is 4.54. The molecule has 1 aromatic heterocycles. The molecule has 0 aliphatic carbocycles. The summed E-state index contributed by atoms with van der Waals surface area (Å²) in [5, 5.41) is 0. The van der Waals surface area contributed by atoms with E-state index in [9.17, 15) is 4.79 Å². The van der Waals surface area contributed by atoms with E-state index in [-0.39, 0.29) is 5.78 Å². The molecular formula is C22H19NO2S. The van der Waals surface area contributed by atoms with Crippen molar-refractivity contribution in [1.82, 2.24) is 4.98 Å². The van der Waals surface area contributed by atoms with Gasteiger partial charge in [0.1, 0.15) is 12.4 Å². The molecule has 4 heteroatoms. The van der Waals surface area contributed by atoms with Crippen LogP contribution in [0, 0.1) is 0 Å². The molecule has 0 aliphatic rings. The summed E-state index contributed by atoms with van der Waals surface area (Å²) in [5.74, 6) is 0.764. The molecule has 3 rings (SSSR count). The van der Waals surface area contributed by atoms with Gasteiger partial charge in [-0.2, -0.15) is 0 Å². The average molecular weight is 361 g/mol. The maximum absolute atomic E-state index is 12.2. The normalized spacial score (nSPS) is 10.8. The number of allylic oxidation sites excluding steroid dienone is 1. The maximum Gasteiger partial charge on any atom is 0.185 e.